The lowest BCUT2D eigenvalue weighted by atomic mass is 10.2. The van der Waals surface area contributed by atoms with E-state index in [0.29, 0.717) is 11.4 Å². The van der Waals surface area contributed by atoms with Crippen molar-refractivity contribution in [1.29, 1.82) is 0 Å². The topological polar surface area (TPSA) is 51.2 Å². The Morgan fingerprint density at radius 3 is 2.56 bits per heavy atom. The number of amides is 1. The number of hydrogen-bond acceptors (Lipinski definition) is 3. The molecule has 0 bridgehead atoms. The van der Waals surface area contributed by atoms with Crippen molar-refractivity contribution in [1.82, 2.24) is 4.98 Å². The fourth-order valence-electron chi connectivity index (χ4n) is 1.11. The molecule has 0 aliphatic rings. The highest BCUT2D eigenvalue weighted by Crippen LogP contribution is 2.17. The largest absolute Gasteiger partial charge is 0.489 e. The zero-order chi connectivity index (χ0) is 12.1. The van der Waals surface area contributed by atoms with Crippen molar-refractivity contribution in [2.45, 2.75) is 33.8 Å². The monoisotopic (exact) mass is 222 g/mol. The molecule has 4 heteroatoms. The van der Waals surface area contributed by atoms with E-state index in [2.05, 4.69) is 10.3 Å². The summed E-state index contributed by atoms with van der Waals surface area (Å²) in [5.74, 6) is 0.592. The van der Waals surface area contributed by atoms with Gasteiger partial charge in [-0.05, 0) is 13.8 Å². The molecular weight excluding hydrogens is 204 g/mol. The molecule has 4 nitrogen and oxygen atoms in total. The Balaban J connectivity index is 2.71. The number of nitrogens with zero attached hydrogens (tertiary/aromatic N) is 1. The van der Waals surface area contributed by atoms with E-state index >= 15 is 0 Å². The van der Waals surface area contributed by atoms with Crippen LogP contribution in [-0.4, -0.2) is 17.0 Å². The average molecular weight is 222 g/mol. The van der Waals surface area contributed by atoms with Crippen LogP contribution in [0, 0.1) is 5.92 Å². The van der Waals surface area contributed by atoms with Crippen LogP contribution in [0.5, 0.6) is 5.75 Å². The van der Waals surface area contributed by atoms with Gasteiger partial charge in [-0.1, -0.05) is 13.8 Å². The molecule has 1 aromatic heterocycles. The number of pyridine rings is 1. The molecule has 1 amide bonds. The van der Waals surface area contributed by atoms with Crippen LogP contribution in [-0.2, 0) is 4.79 Å². The minimum Gasteiger partial charge on any atom is -0.489 e. The lowest BCUT2D eigenvalue weighted by Gasteiger charge is -2.11. The highest BCUT2D eigenvalue weighted by atomic mass is 16.5. The molecule has 88 valence electrons. The Morgan fingerprint density at radius 1 is 1.31 bits per heavy atom. The van der Waals surface area contributed by atoms with E-state index in [0.717, 1.165) is 0 Å². The summed E-state index contributed by atoms with van der Waals surface area (Å²) in [6, 6.07) is 1.77. The molecule has 0 aliphatic carbocycles. The summed E-state index contributed by atoms with van der Waals surface area (Å²) in [4.78, 5) is 15.5. The molecule has 0 spiro atoms. The maximum absolute atomic E-state index is 11.5. The van der Waals surface area contributed by atoms with Gasteiger partial charge in [-0.3, -0.25) is 9.78 Å². The second-order valence-corrected chi connectivity index (χ2v) is 4.22. The van der Waals surface area contributed by atoms with Crippen LogP contribution in [0.4, 0.5) is 5.69 Å². The summed E-state index contributed by atoms with van der Waals surface area (Å²) in [5, 5.41) is 2.77. The predicted octanol–water partition coefficient (Wildman–Crippen LogP) is 2.46. The van der Waals surface area contributed by atoms with Crippen molar-refractivity contribution >= 4 is 11.6 Å². The van der Waals surface area contributed by atoms with Crippen LogP contribution in [0.1, 0.15) is 27.7 Å². The molecule has 0 aliphatic heterocycles. The first-order chi connectivity index (χ1) is 7.49. The van der Waals surface area contributed by atoms with E-state index in [1.165, 1.54) is 0 Å². The smallest absolute Gasteiger partial charge is 0.226 e. The number of nitrogens with one attached hydrogen (secondary N) is 1. The molecular formula is C12H18N2O2. The van der Waals surface area contributed by atoms with Crippen molar-refractivity contribution in [2.75, 3.05) is 5.32 Å². The fraction of sp³-hybridized carbons (Fsp3) is 0.500. The fourth-order valence-corrected chi connectivity index (χ4v) is 1.11. The van der Waals surface area contributed by atoms with Crippen molar-refractivity contribution in [2.24, 2.45) is 5.92 Å². The molecule has 1 rings (SSSR count). The van der Waals surface area contributed by atoms with Crippen LogP contribution in [0.3, 0.4) is 0 Å². The van der Waals surface area contributed by atoms with Gasteiger partial charge in [-0.2, -0.15) is 0 Å². The minimum absolute atomic E-state index is 0.0245. The third-order valence-corrected chi connectivity index (χ3v) is 1.88. The van der Waals surface area contributed by atoms with E-state index < -0.39 is 0 Å². The van der Waals surface area contributed by atoms with Crippen LogP contribution < -0.4 is 10.1 Å². The van der Waals surface area contributed by atoms with Gasteiger partial charge in [-0.15, -0.1) is 0 Å². The van der Waals surface area contributed by atoms with Gasteiger partial charge in [0.25, 0.3) is 0 Å². The maximum atomic E-state index is 11.5. The number of anilines is 1. The van der Waals surface area contributed by atoms with Crippen molar-refractivity contribution < 1.29 is 9.53 Å². The summed E-state index contributed by atoms with van der Waals surface area (Å²) < 4.78 is 5.48. The summed E-state index contributed by atoms with van der Waals surface area (Å²) in [6.07, 6.45) is 3.33. The standard InChI is InChI=1S/C12H18N2O2/c1-8(2)12(15)14-10-5-11(7-13-6-10)16-9(3)4/h5-9H,1-4H3,(H,14,15). The average Bonchev–Trinajstić information content (AvgIpc) is 2.16. The van der Waals surface area contributed by atoms with Gasteiger partial charge in [0.2, 0.25) is 5.91 Å². The molecule has 16 heavy (non-hydrogen) atoms. The van der Waals surface area contributed by atoms with Crippen molar-refractivity contribution in [3.05, 3.63) is 18.5 Å². The molecule has 0 radical (unpaired) electrons. The molecule has 0 saturated heterocycles. The molecule has 0 fully saturated rings. The molecule has 1 N–H and O–H groups in total. The lowest BCUT2D eigenvalue weighted by Crippen LogP contribution is -2.18. The van der Waals surface area contributed by atoms with Crippen LogP contribution in [0.2, 0.25) is 0 Å². The maximum Gasteiger partial charge on any atom is 0.226 e. The third-order valence-electron chi connectivity index (χ3n) is 1.88. The highest BCUT2D eigenvalue weighted by Gasteiger charge is 2.08. The molecule has 1 heterocycles. The normalized spacial score (nSPS) is 10.6. The summed E-state index contributed by atoms with van der Waals surface area (Å²) >= 11 is 0. The Kier molecular flexibility index (Phi) is 4.28. The second kappa shape index (κ2) is 5.49. The zero-order valence-electron chi connectivity index (χ0n) is 10.2. The highest BCUT2D eigenvalue weighted by molar-refractivity contribution is 5.92. The van der Waals surface area contributed by atoms with Crippen LogP contribution in [0.15, 0.2) is 18.5 Å². The van der Waals surface area contributed by atoms with E-state index in [9.17, 15) is 4.79 Å². The van der Waals surface area contributed by atoms with Gasteiger partial charge in [0.05, 0.1) is 24.2 Å². The van der Waals surface area contributed by atoms with Crippen molar-refractivity contribution in [3.63, 3.8) is 0 Å². The molecule has 1 aromatic rings. The Bertz CT molecular complexity index is 362. The molecule has 0 aromatic carbocycles. The Labute approximate surface area is 96.0 Å². The van der Waals surface area contributed by atoms with Gasteiger partial charge in [0.15, 0.2) is 0 Å². The molecule has 0 saturated carbocycles. The number of aromatic nitrogens is 1. The number of carbonyl (C=O) groups excluding carboxylic acids is 1. The van der Waals surface area contributed by atoms with Gasteiger partial charge in [0.1, 0.15) is 5.75 Å². The van der Waals surface area contributed by atoms with E-state index in [1.807, 2.05) is 27.7 Å². The van der Waals surface area contributed by atoms with Gasteiger partial charge >= 0.3 is 0 Å². The number of rotatable bonds is 4. The summed E-state index contributed by atoms with van der Waals surface area (Å²) in [6.45, 7) is 7.58. The number of hydrogen-bond donors (Lipinski definition) is 1. The SMILES string of the molecule is CC(C)Oc1cncc(NC(=O)C(C)C)c1. The van der Waals surface area contributed by atoms with Crippen LogP contribution >= 0.6 is 0 Å². The first kappa shape index (κ1) is 12.5. The summed E-state index contributed by atoms with van der Waals surface area (Å²) in [5.41, 5.74) is 0.664. The minimum atomic E-state index is -0.0466. The first-order valence-corrected chi connectivity index (χ1v) is 5.41. The van der Waals surface area contributed by atoms with Gasteiger partial charge in [-0.25, -0.2) is 0 Å². The molecule has 0 atom stereocenters. The Hall–Kier alpha value is -1.58. The third kappa shape index (κ3) is 3.88. The van der Waals surface area contributed by atoms with E-state index in [4.69, 9.17) is 4.74 Å². The second-order valence-electron chi connectivity index (χ2n) is 4.22. The van der Waals surface area contributed by atoms with Crippen LogP contribution in [0.25, 0.3) is 0 Å². The summed E-state index contributed by atoms with van der Waals surface area (Å²) in [7, 11) is 0. The van der Waals surface area contributed by atoms with Gasteiger partial charge in [0, 0.05) is 12.0 Å². The predicted molar refractivity (Wildman–Crippen MR) is 63.5 cm³/mol. The Morgan fingerprint density at radius 2 is 2.00 bits per heavy atom. The number of carbonyl (C=O) groups is 1. The lowest BCUT2D eigenvalue weighted by molar-refractivity contribution is -0.118. The zero-order valence-corrected chi connectivity index (χ0v) is 10.2. The van der Waals surface area contributed by atoms with Crippen molar-refractivity contribution in [3.8, 4) is 5.75 Å². The van der Waals surface area contributed by atoms with E-state index in [1.54, 1.807) is 18.5 Å². The number of ether oxygens (including phenoxy) is 1. The quantitative estimate of drug-likeness (QED) is 0.851. The van der Waals surface area contributed by atoms with Gasteiger partial charge < -0.3 is 10.1 Å². The molecule has 0 unspecified atom stereocenters. The van der Waals surface area contributed by atoms with E-state index in [-0.39, 0.29) is 17.9 Å². The first-order valence-electron chi connectivity index (χ1n) is 5.41.